The minimum Gasteiger partial charge on any atom is -0.496 e. The summed E-state index contributed by atoms with van der Waals surface area (Å²) in [7, 11) is 1.71. The maximum Gasteiger partial charge on any atom is 0.121 e. The predicted octanol–water partition coefficient (Wildman–Crippen LogP) is 4.47. The van der Waals surface area contributed by atoms with Gasteiger partial charge in [0.15, 0.2) is 0 Å². The van der Waals surface area contributed by atoms with Crippen LogP contribution in [0.15, 0.2) is 46.9 Å². The summed E-state index contributed by atoms with van der Waals surface area (Å²) >= 11 is 3.54. The fraction of sp³-hybridized carbons (Fsp3) is 0.294. The number of halogens is 1. The van der Waals surface area contributed by atoms with E-state index < -0.39 is 0 Å². The van der Waals surface area contributed by atoms with Crippen LogP contribution in [-0.2, 0) is 0 Å². The molecule has 2 aromatic rings. The van der Waals surface area contributed by atoms with Crippen LogP contribution in [0.3, 0.4) is 0 Å². The van der Waals surface area contributed by atoms with Gasteiger partial charge in [-0.15, -0.1) is 0 Å². The second kappa shape index (κ2) is 6.91. The van der Waals surface area contributed by atoms with Gasteiger partial charge in [-0.25, -0.2) is 0 Å². The molecule has 20 heavy (non-hydrogen) atoms. The molecule has 0 fully saturated rings. The molecule has 1 N–H and O–H groups in total. The molecule has 0 aromatic heterocycles. The normalized spacial score (nSPS) is 12.2. The average Bonchev–Trinajstić information content (AvgIpc) is 2.44. The van der Waals surface area contributed by atoms with Crippen molar-refractivity contribution in [1.82, 2.24) is 5.32 Å². The molecule has 2 nitrogen and oxygen atoms in total. The first-order valence-electron chi connectivity index (χ1n) is 6.79. The van der Waals surface area contributed by atoms with E-state index in [-0.39, 0.29) is 6.04 Å². The molecular formula is C17H20BrNO. The lowest BCUT2D eigenvalue weighted by atomic mass is 9.97. The smallest absolute Gasteiger partial charge is 0.121 e. The van der Waals surface area contributed by atoms with Gasteiger partial charge in [-0.1, -0.05) is 47.1 Å². The van der Waals surface area contributed by atoms with Crippen molar-refractivity contribution in [1.29, 1.82) is 0 Å². The van der Waals surface area contributed by atoms with Gasteiger partial charge in [-0.2, -0.15) is 0 Å². The highest BCUT2D eigenvalue weighted by Crippen LogP contribution is 2.28. The van der Waals surface area contributed by atoms with Crippen LogP contribution in [-0.4, -0.2) is 13.7 Å². The summed E-state index contributed by atoms with van der Waals surface area (Å²) in [5.74, 6) is 0.929. The summed E-state index contributed by atoms with van der Waals surface area (Å²) in [6.45, 7) is 5.12. The number of nitrogens with one attached hydrogen (secondary N) is 1. The number of hydrogen-bond acceptors (Lipinski definition) is 2. The Morgan fingerprint density at radius 1 is 1.15 bits per heavy atom. The van der Waals surface area contributed by atoms with Crippen molar-refractivity contribution in [2.24, 2.45) is 0 Å². The molecule has 0 radical (unpaired) electrons. The molecule has 0 saturated carbocycles. The number of hydrogen-bond donors (Lipinski definition) is 1. The first kappa shape index (κ1) is 15.1. The van der Waals surface area contributed by atoms with Crippen LogP contribution in [0.4, 0.5) is 0 Å². The molecule has 2 rings (SSSR count). The van der Waals surface area contributed by atoms with Crippen LogP contribution in [0.1, 0.15) is 29.7 Å². The molecule has 0 amide bonds. The highest BCUT2D eigenvalue weighted by Gasteiger charge is 2.14. The van der Waals surface area contributed by atoms with E-state index in [4.69, 9.17) is 4.74 Å². The van der Waals surface area contributed by atoms with Crippen molar-refractivity contribution < 1.29 is 4.74 Å². The van der Waals surface area contributed by atoms with Crippen LogP contribution < -0.4 is 10.1 Å². The molecule has 0 aliphatic rings. The molecule has 1 unspecified atom stereocenters. The quantitative estimate of drug-likeness (QED) is 0.871. The number of methoxy groups -OCH3 is 1. The van der Waals surface area contributed by atoms with Crippen LogP contribution in [0.5, 0.6) is 5.75 Å². The molecular weight excluding hydrogens is 314 g/mol. The van der Waals surface area contributed by atoms with Crippen molar-refractivity contribution in [3.05, 3.63) is 63.6 Å². The van der Waals surface area contributed by atoms with E-state index in [0.29, 0.717) is 0 Å². The zero-order valence-corrected chi connectivity index (χ0v) is 13.7. The van der Waals surface area contributed by atoms with E-state index in [1.165, 1.54) is 11.1 Å². The predicted molar refractivity (Wildman–Crippen MR) is 87.4 cm³/mol. The van der Waals surface area contributed by atoms with Crippen LogP contribution in [0, 0.1) is 6.92 Å². The van der Waals surface area contributed by atoms with Crippen molar-refractivity contribution in [3.8, 4) is 5.75 Å². The van der Waals surface area contributed by atoms with Crippen molar-refractivity contribution >= 4 is 15.9 Å². The van der Waals surface area contributed by atoms with Gasteiger partial charge < -0.3 is 10.1 Å². The standard InChI is InChI=1S/C17H20BrNO/c1-4-19-17(13-6-5-7-15(18)11-13)14-8-9-16(20-3)12(2)10-14/h5-11,17,19H,4H2,1-3H3. The van der Waals surface area contributed by atoms with Gasteiger partial charge in [0.05, 0.1) is 13.2 Å². The van der Waals surface area contributed by atoms with Gasteiger partial charge in [0.2, 0.25) is 0 Å². The summed E-state index contributed by atoms with van der Waals surface area (Å²) in [5, 5.41) is 3.55. The fourth-order valence-corrected chi connectivity index (χ4v) is 2.82. The largest absolute Gasteiger partial charge is 0.496 e. The topological polar surface area (TPSA) is 21.3 Å². The highest BCUT2D eigenvalue weighted by atomic mass is 79.9. The van der Waals surface area contributed by atoms with Crippen molar-refractivity contribution in [2.45, 2.75) is 19.9 Å². The van der Waals surface area contributed by atoms with Crippen molar-refractivity contribution in [3.63, 3.8) is 0 Å². The monoisotopic (exact) mass is 333 g/mol. The molecule has 0 spiro atoms. The van der Waals surface area contributed by atoms with Crippen LogP contribution in [0.2, 0.25) is 0 Å². The fourth-order valence-electron chi connectivity index (χ4n) is 2.40. The summed E-state index contributed by atoms with van der Waals surface area (Å²) in [5.41, 5.74) is 3.66. The van der Waals surface area contributed by atoms with E-state index in [1.54, 1.807) is 7.11 Å². The summed E-state index contributed by atoms with van der Waals surface area (Å²) in [4.78, 5) is 0. The van der Waals surface area contributed by atoms with Gasteiger partial charge in [0, 0.05) is 4.47 Å². The Labute approximate surface area is 129 Å². The molecule has 106 valence electrons. The van der Waals surface area contributed by atoms with E-state index >= 15 is 0 Å². The second-order valence-electron chi connectivity index (χ2n) is 4.77. The number of benzene rings is 2. The number of rotatable bonds is 5. The Balaban J connectivity index is 2.40. The van der Waals surface area contributed by atoms with E-state index in [9.17, 15) is 0 Å². The molecule has 0 bridgehead atoms. The third-order valence-corrected chi connectivity index (χ3v) is 3.84. The Hall–Kier alpha value is -1.32. The average molecular weight is 334 g/mol. The van der Waals surface area contributed by atoms with Gasteiger partial charge >= 0.3 is 0 Å². The molecule has 0 heterocycles. The van der Waals surface area contributed by atoms with E-state index in [2.05, 4.69) is 65.4 Å². The Morgan fingerprint density at radius 3 is 2.50 bits per heavy atom. The summed E-state index contributed by atoms with van der Waals surface area (Å²) < 4.78 is 6.44. The first-order chi connectivity index (χ1) is 9.65. The first-order valence-corrected chi connectivity index (χ1v) is 7.58. The minimum absolute atomic E-state index is 0.196. The maximum absolute atomic E-state index is 5.34. The zero-order valence-electron chi connectivity index (χ0n) is 12.1. The minimum atomic E-state index is 0.196. The lowest BCUT2D eigenvalue weighted by Crippen LogP contribution is -2.22. The zero-order chi connectivity index (χ0) is 14.5. The van der Waals surface area contributed by atoms with Crippen LogP contribution in [0.25, 0.3) is 0 Å². The molecule has 1 atom stereocenters. The second-order valence-corrected chi connectivity index (χ2v) is 5.69. The van der Waals surface area contributed by atoms with Gasteiger partial charge in [0.1, 0.15) is 5.75 Å². The number of aryl methyl sites for hydroxylation is 1. The third kappa shape index (κ3) is 3.41. The molecule has 0 aliphatic carbocycles. The highest BCUT2D eigenvalue weighted by molar-refractivity contribution is 9.10. The van der Waals surface area contributed by atoms with Gasteiger partial charge in [-0.05, 0) is 48.4 Å². The van der Waals surface area contributed by atoms with Crippen molar-refractivity contribution in [2.75, 3.05) is 13.7 Å². The Kier molecular flexibility index (Phi) is 5.21. The van der Waals surface area contributed by atoms with E-state index in [1.807, 2.05) is 12.1 Å². The molecule has 3 heteroatoms. The Morgan fingerprint density at radius 2 is 1.90 bits per heavy atom. The third-order valence-electron chi connectivity index (χ3n) is 3.34. The van der Waals surface area contributed by atoms with Crippen LogP contribution >= 0.6 is 15.9 Å². The lowest BCUT2D eigenvalue weighted by Gasteiger charge is -2.20. The van der Waals surface area contributed by atoms with Gasteiger partial charge in [-0.3, -0.25) is 0 Å². The summed E-state index contributed by atoms with van der Waals surface area (Å²) in [6.07, 6.45) is 0. The molecule has 0 saturated heterocycles. The Bertz CT molecular complexity index is 583. The summed E-state index contributed by atoms with van der Waals surface area (Å²) in [6, 6.07) is 15.0. The lowest BCUT2D eigenvalue weighted by molar-refractivity contribution is 0.411. The molecule has 0 aliphatic heterocycles. The molecule has 2 aromatic carbocycles. The van der Waals surface area contributed by atoms with Gasteiger partial charge in [0.25, 0.3) is 0 Å². The number of ether oxygens (including phenoxy) is 1. The van der Waals surface area contributed by atoms with E-state index in [0.717, 1.165) is 22.3 Å². The SMILES string of the molecule is CCNC(c1cccc(Br)c1)c1ccc(OC)c(C)c1. The maximum atomic E-state index is 5.34.